The molecule has 162 valence electrons. The van der Waals surface area contributed by atoms with Crippen molar-refractivity contribution in [3.63, 3.8) is 0 Å². The minimum absolute atomic E-state index is 0.665. The topological polar surface area (TPSA) is 67.4 Å². The summed E-state index contributed by atoms with van der Waals surface area (Å²) in [6.45, 7) is 6.53. The quantitative estimate of drug-likeness (QED) is 0.487. The van der Waals surface area contributed by atoms with Gasteiger partial charge in [-0.05, 0) is 35.4 Å². The van der Waals surface area contributed by atoms with Gasteiger partial charge in [-0.25, -0.2) is 0 Å². The highest BCUT2D eigenvalue weighted by Crippen LogP contribution is 2.14. The Morgan fingerprint density at radius 1 is 1.00 bits per heavy atom. The first-order valence-electron chi connectivity index (χ1n) is 10.4. The molecule has 0 saturated carbocycles. The maximum atomic E-state index is 5.94. The van der Waals surface area contributed by atoms with Crippen LogP contribution in [0.3, 0.4) is 0 Å². The van der Waals surface area contributed by atoms with E-state index in [0.29, 0.717) is 19.7 Å². The molecule has 0 radical (unpaired) electrons. The van der Waals surface area contributed by atoms with E-state index in [2.05, 4.69) is 38.7 Å². The van der Waals surface area contributed by atoms with Crippen molar-refractivity contribution in [3.05, 3.63) is 59.7 Å². The van der Waals surface area contributed by atoms with Crippen LogP contribution in [0.25, 0.3) is 0 Å². The second-order valence-corrected chi connectivity index (χ2v) is 7.08. The van der Waals surface area contributed by atoms with Crippen LogP contribution in [0.4, 0.5) is 0 Å². The van der Waals surface area contributed by atoms with Crippen LogP contribution in [0.2, 0.25) is 0 Å². The summed E-state index contributed by atoms with van der Waals surface area (Å²) in [4.78, 5) is 6.67. The molecule has 1 saturated heterocycles. The zero-order chi connectivity index (χ0) is 21.0. The molecule has 2 N–H and O–H groups in total. The fourth-order valence-corrected chi connectivity index (χ4v) is 3.24. The van der Waals surface area contributed by atoms with Crippen LogP contribution in [0, 0.1) is 0 Å². The highest BCUT2D eigenvalue weighted by molar-refractivity contribution is 5.79. The zero-order valence-corrected chi connectivity index (χ0v) is 17.9. The summed E-state index contributed by atoms with van der Waals surface area (Å²) in [6, 6.07) is 16.2. The van der Waals surface area contributed by atoms with Gasteiger partial charge in [-0.15, -0.1) is 0 Å². The monoisotopic (exact) mass is 412 g/mol. The molecule has 0 aromatic heterocycles. The Balaban J connectivity index is 1.42. The third kappa shape index (κ3) is 7.24. The van der Waals surface area contributed by atoms with Crippen LogP contribution in [-0.4, -0.2) is 64.5 Å². The first-order chi connectivity index (χ1) is 14.8. The van der Waals surface area contributed by atoms with E-state index in [-0.39, 0.29) is 0 Å². The molecule has 1 aliphatic heterocycles. The number of benzene rings is 2. The van der Waals surface area contributed by atoms with E-state index in [0.717, 1.165) is 61.4 Å². The molecule has 2 aromatic rings. The number of aliphatic imine (C=N–C) groups is 1. The van der Waals surface area contributed by atoms with Crippen LogP contribution >= 0.6 is 0 Å². The number of hydrogen-bond donors (Lipinski definition) is 2. The lowest BCUT2D eigenvalue weighted by Gasteiger charge is -2.26. The number of nitrogens with one attached hydrogen (secondary N) is 2. The van der Waals surface area contributed by atoms with Crippen molar-refractivity contribution in [2.24, 2.45) is 4.99 Å². The Kier molecular flexibility index (Phi) is 8.80. The molecule has 1 aliphatic rings. The van der Waals surface area contributed by atoms with Crippen molar-refractivity contribution >= 4 is 5.96 Å². The Morgan fingerprint density at radius 3 is 2.27 bits per heavy atom. The molecule has 2 aromatic carbocycles. The molecular formula is C23H32N4O3. The van der Waals surface area contributed by atoms with Gasteiger partial charge >= 0.3 is 0 Å². The van der Waals surface area contributed by atoms with Crippen LogP contribution in [0.1, 0.15) is 11.1 Å². The van der Waals surface area contributed by atoms with Gasteiger partial charge in [0, 0.05) is 39.8 Å². The molecule has 1 heterocycles. The minimum Gasteiger partial charge on any atom is -0.497 e. The van der Waals surface area contributed by atoms with Gasteiger partial charge in [0.25, 0.3) is 0 Å². The maximum Gasteiger partial charge on any atom is 0.191 e. The van der Waals surface area contributed by atoms with Crippen LogP contribution in [-0.2, 0) is 17.8 Å². The SMILES string of the molecule is CN=C(NCc1cccc(OC)c1)NCc1cccc(OCCN2CCOCC2)c1. The van der Waals surface area contributed by atoms with E-state index in [1.165, 1.54) is 0 Å². The van der Waals surface area contributed by atoms with E-state index in [4.69, 9.17) is 14.2 Å². The van der Waals surface area contributed by atoms with Gasteiger partial charge in [-0.2, -0.15) is 0 Å². The standard InChI is InChI=1S/C23H32N4O3/c1-24-23(25-17-19-5-3-7-21(15-19)28-2)26-18-20-6-4-8-22(16-20)30-14-11-27-9-12-29-13-10-27/h3-8,15-16H,9-14,17-18H2,1-2H3,(H2,24,25,26). The number of ether oxygens (including phenoxy) is 3. The van der Waals surface area contributed by atoms with Gasteiger partial charge in [0.2, 0.25) is 0 Å². The van der Waals surface area contributed by atoms with Gasteiger partial charge in [0.1, 0.15) is 18.1 Å². The van der Waals surface area contributed by atoms with Crippen molar-refractivity contribution in [1.29, 1.82) is 0 Å². The van der Waals surface area contributed by atoms with E-state index in [1.54, 1.807) is 14.2 Å². The lowest BCUT2D eigenvalue weighted by Crippen LogP contribution is -2.38. The molecule has 0 bridgehead atoms. The molecule has 0 amide bonds. The number of nitrogens with zero attached hydrogens (tertiary/aromatic N) is 2. The molecule has 7 nitrogen and oxygen atoms in total. The molecule has 7 heteroatoms. The van der Waals surface area contributed by atoms with E-state index in [1.807, 2.05) is 30.3 Å². The van der Waals surface area contributed by atoms with Crippen LogP contribution in [0.15, 0.2) is 53.5 Å². The van der Waals surface area contributed by atoms with Gasteiger partial charge in [0.05, 0.1) is 20.3 Å². The first-order valence-corrected chi connectivity index (χ1v) is 10.4. The lowest BCUT2D eigenvalue weighted by atomic mass is 10.2. The predicted molar refractivity (Wildman–Crippen MR) is 119 cm³/mol. The average Bonchev–Trinajstić information content (AvgIpc) is 2.80. The molecule has 30 heavy (non-hydrogen) atoms. The average molecular weight is 413 g/mol. The number of guanidine groups is 1. The summed E-state index contributed by atoms with van der Waals surface area (Å²) in [7, 11) is 3.44. The second kappa shape index (κ2) is 12.0. The predicted octanol–water partition coefficient (Wildman–Crippen LogP) is 2.27. The molecule has 3 rings (SSSR count). The summed E-state index contributed by atoms with van der Waals surface area (Å²) in [6.07, 6.45) is 0. The van der Waals surface area contributed by atoms with Crippen molar-refractivity contribution in [2.75, 3.05) is 53.6 Å². The van der Waals surface area contributed by atoms with Gasteiger partial charge in [-0.3, -0.25) is 9.89 Å². The Morgan fingerprint density at radius 2 is 1.63 bits per heavy atom. The highest BCUT2D eigenvalue weighted by Gasteiger charge is 2.09. The highest BCUT2D eigenvalue weighted by atomic mass is 16.5. The molecule has 0 spiro atoms. The third-order valence-corrected chi connectivity index (χ3v) is 4.96. The number of hydrogen-bond acceptors (Lipinski definition) is 5. The first kappa shape index (κ1) is 21.9. The zero-order valence-electron chi connectivity index (χ0n) is 17.9. The molecule has 1 fully saturated rings. The molecule has 0 aliphatic carbocycles. The largest absolute Gasteiger partial charge is 0.497 e. The fourth-order valence-electron chi connectivity index (χ4n) is 3.24. The smallest absolute Gasteiger partial charge is 0.191 e. The number of methoxy groups -OCH3 is 1. The minimum atomic E-state index is 0.665. The van der Waals surface area contributed by atoms with Crippen LogP contribution in [0.5, 0.6) is 11.5 Å². The fraction of sp³-hybridized carbons (Fsp3) is 0.435. The Labute approximate surface area is 179 Å². The summed E-state index contributed by atoms with van der Waals surface area (Å²) in [5, 5.41) is 6.68. The van der Waals surface area contributed by atoms with Gasteiger partial charge in [0.15, 0.2) is 5.96 Å². The third-order valence-electron chi connectivity index (χ3n) is 4.96. The number of rotatable bonds is 9. The van der Waals surface area contributed by atoms with Gasteiger partial charge < -0.3 is 24.8 Å². The normalized spacial score (nSPS) is 14.9. The van der Waals surface area contributed by atoms with E-state index in [9.17, 15) is 0 Å². The van der Waals surface area contributed by atoms with Crippen molar-refractivity contribution < 1.29 is 14.2 Å². The lowest BCUT2D eigenvalue weighted by molar-refractivity contribution is 0.0322. The maximum absolute atomic E-state index is 5.94. The Hall–Kier alpha value is -2.77. The second-order valence-electron chi connectivity index (χ2n) is 7.08. The number of morpholine rings is 1. The summed E-state index contributed by atoms with van der Waals surface area (Å²) < 4.78 is 16.6. The summed E-state index contributed by atoms with van der Waals surface area (Å²) in [5.74, 6) is 2.49. The van der Waals surface area contributed by atoms with Crippen molar-refractivity contribution in [2.45, 2.75) is 13.1 Å². The molecule has 0 atom stereocenters. The van der Waals surface area contributed by atoms with Gasteiger partial charge in [-0.1, -0.05) is 24.3 Å². The molecular weight excluding hydrogens is 380 g/mol. The summed E-state index contributed by atoms with van der Waals surface area (Å²) in [5.41, 5.74) is 2.27. The van der Waals surface area contributed by atoms with Crippen LogP contribution < -0.4 is 20.1 Å². The summed E-state index contributed by atoms with van der Waals surface area (Å²) >= 11 is 0. The van der Waals surface area contributed by atoms with Crippen molar-refractivity contribution in [3.8, 4) is 11.5 Å². The van der Waals surface area contributed by atoms with E-state index >= 15 is 0 Å². The molecule has 0 unspecified atom stereocenters. The Bertz CT molecular complexity index is 807. The van der Waals surface area contributed by atoms with E-state index < -0.39 is 0 Å². The van der Waals surface area contributed by atoms with Crippen molar-refractivity contribution in [1.82, 2.24) is 15.5 Å².